The van der Waals surface area contributed by atoms with Crippen molar-refractivity contribution >= 4 is 5.91 Å². The number of nitrogens with two attached hydrogens (primary N) is 1. The van der Waals surface area contributed by atoms with Crippen molar-refractivity contribution in [1.29, 1.82) is 0 Å². The van der Waals surface area contributed by atoms with Crippen LogP contribution in [-0.2, 0) is 4.79 Å². The summed E-state index contributed by atoms with van der Waals surface area (Å²) in [7, 11) is 0. The number of amides is 1. The maximum Gasteiger partial charge on any atom is 0.220 e. The molecule has 2 rings (SSSR count). The molecule has 4 heteroatoms. The molecule has 0 saturated carbocycles. The molecule has 0 aliphatic heterocycles. The Morgan fingerprint density at radius 1 is 1.10 bits per heavy atom. The van der Waals surface area contributed by atoms with Crippen molar-refractivity contribution < 1.29 is 14.6 Å². The van der Waals surface area contributed by atoms with Gasteiger partial charge in [-0.25, -0.2) is 0 Å². The van der Waals surface area contributed by atoms with Crippen LogP contribution in [0.15, 0.2) is 54.6 Å². The average Bonchev–Trinajstić information content (AvgIpc) is 2.46. The van der Waals surface area contributed by atoms with Crippen LogP contribution in [0.3, 0.4) is 0 Å². The zero-order valence-corrected chi connectivity index (χ0v) is 11.0. The first kappa shape index (κ1) is 14.1. The molecule has 2 aromatic carbocycles. The lowest BCUT2D eigenvalue weighted by Gasteiger charge is -2.14. The van der Waals surface area contributed by atoms with Crippen LogP contribution in [0.2, 0.25) is 0 Å². The number of hydrogen-bond acceptors (Lipinski definition) is 3. The molecule has 20 heavy (non-hydrogen) atoms. The van der Waals surface area contributed by atoms with E-state index in [1.54, 1.807) is 0 Å². The summed E-state index contributed by atoms with van der Waals surface area (Å²) in [5.74, 6) is 0.125. The van der Waals surface area contributed by atoms with Gasteiger partial charge in [-0.2, -0.15) is 0 Å². The van der Waals surface area contributed by atoms with Crippen molar-refractivity contribution in [2.75, 3.05) is 6.61 Å². The molecule has 1 amide bonds. The third kappa shape index (κ3) is 3.83. The van der Waals surface area contributed by atoms with Gasteiger partial charge >= 0.3 is 0 Å². The highest BCUT2D eigenvalue weighted by Gasteiger charge is 2.11. The Labute approximate surface area is 117 Å². The summed E-state index contributed by atoms with van der Waals surface area (Å²) < 4.78 is 5.60. The van der Waals surface area contributed by atoms with Crippen molar-refractivity contribution in [3.8, 4) is 16.9 Å². The number of carbonyl (C=O) groups is 1. The third-order valence-corrected chi connectivity index (χ3v) is 2.84. The maximum atomic E-state index is 10.7. The van der Waals surface area contributed by atoms with Crippen molar-refractivity contribution in [2.45, 2.75) is 12.5 Å². The van der Waals surface area contributed by atoms with Crippen LogP contribution < -0.4 is 10.5 Å². The highest BCUT2D eigenvalue weighted by Crippen LogP contribution is 2.29. The number of primary amides is 1. The van der Waals surface area contributed by atoms with Gasteiger partial charge < -0.3 is 15.6 Å². The van der Waals surface area contributed by atoms with Crippen molar-refractivity contribution in [1.82, 2.24) is 0 Å². The van der Waals surface area contributed by atoms with Gasteiger partial charge in [-0.05, 0) is 11.6 Å². The van der Waals surface area contributed by atoms with E-state index in [0.717, 1.165) is 11.1 Å². The van der Waals surface area contributed by atoms with E-state index in [4.69, 9.17) is 10.5 Å². The summed E-state index contributed by atoms with van der Waals surface area (Å²) in [6.45, 7) is 0.0345. The molecule has 0 aliphatic rings. The Kier molecular flexibility index (Phi) is 4.74. The molecule has 0 spiro atoms. The summed E-state index contributed by atoms with van der Waals surface area (Å²) in [6, 6.07) is 17.4. The average molecular weight is 271 g/mol. The molecule has 0 unspecified atom stereocenters. The molecule has 0 radical (unpaired) electrons. The van der Waals surface area contributed by atoms with Crippen LogP contribution in [0, 0.1) is 0 Å². The number of aliphatic hydroxyl groups excluding tert-OH is 1. The van der Waals surface area contributed by atoms with E-state index < -0.39 is 12.0 Å². The number of ether oxygens (including phenoxy) is 1. The van der Waals surface area contributed by atoms with Crippen LogP contribution in [-0.4, -0.2) is 23.7 Å². The standard InChI is InChI=1S/C16H17NO3/c17-16(19)10-13(18)11-20-15-9-5-4-8-14(15)12-6-2-1-3-7-12/h1-9,13,18H,10-11H2,(H2,17,19)/t13-/m0/s1. The van der Waals surface area contributed by atoms with Crippen molar-refractivity contribution in [2.24, 2.45) is 5.73 Å². The van der Waals surface area contributed by atoms with Crippen LogP contribution >= 0.6 is 0 Å². The van der Waals surface area contributed by atoms with E-state index in [2.05, 4.69) is 0 Å². The van der Waals surface area contributed by atoms with Gasteiger partial charge in [0.05, 0.1) is 12.5 Å². The fourth-order valence-electron chi connectivity index (χ4n) is 1.93. The number of rotatable bonds is 6. The zero-order valence-electron chi connectivity index (χ0n) is 11.0. The molecule has 0 bridgehead atoms. The van der Waals surface area contributed by atoms with Gasteiger partial charge in [0, 0.05) is 5.56 Å². The SMILES string of the molecule is NC(=O)C[C@H](O)COc1ccccc1-c1ccccc1. The van der Waals surface area contributed by atoms with Gasteiger partial charge in [-0.15, -0.1) is 0 Å². The minimum atomic E-state index is -0.892. The molecule has 4 nitrogen and oxygen atoms in total. The quantitative estimate of drug-likeness (QED) is 0.843. The number of benzene rings is 2. The molecular weight excluding hydrogens is 254 g/mol. The van der Waals surface area contributed by atoms with Crippen LogP contribution in [0.4, 0.5) is 0 Å². The van der Waals surface area contributed by atoms with Gasteiger partial charge in [0.1, 0.15) is 12.4 Å². The predicted molar refractivity (Wildman–Crippen MR) is 77.2 cm³/mol. The van der Waals surface area contributed by atoms with Crippen molar-refractivity contribution in [3.63, 3.8) is 0 Å². The Morgan fingerprint density at radius 2 is 1.75 bits per heavy atom. The molecule has 3 N–H and O–H groups in total. The normalized spacial score (nSPS) is 11.8. The fraction of sp³-hybridized carbons (Fsp3) is 0.188. The van der Waals surface area contributed by atoms with E-state index >= 15 is 0 Å². The molecule has 1 atom stereocenters. The first-order chi connectivity index (χ1) is 9.66. The van der Waals surface area contributed by atoms with Crippen LogP contribution in [0.25, 0.3) is 11.1 Å². The van der Waals surface area contributed by atoms with Crippen LogP contribution in [0.1, 0.15) is 6.42 Å². The monoisotopic (exact) mass is 271 g/mol. The molecule has 0 saturated heterocycles. The second-order valence-electron chi connectivity index (χ2n) is 4.50. The Balaban J connectivity index is 2.11. The van der Waals surface area contributed by atoms with Gasteiger partial charge in [0.2, 0.25) is 5.91 Å². The lowest BCUT2D eigenvalue weighted by atomic mass is 10.1. The summed E-state index contributed by atoms with van der Waals surface area (Å²) in [5, 5.41) is 9.62. The number of aliphatic hydroxyl groups is 1. The number of para-hydroxylation sites is 1. The lowest BCUT2D eigenvalue weighted by Crippen LogP contribution is -2.25. The Hall–Kier alpha value is -2.33. The van der Waals surface area contributed by atoms with E-state index in [9.17, 15) is 9.90 Å². The molecule has 0 aliphatic carbocycles. The molecular formula is C16H17NO3. The minimum Gasteiger partial charge on any atom is -0.490 e. The Bertz CT molecular complexity index is 569. The molecule has 0 fully saturated rings. The van der Waals surface area contributed by atoms with Gasteiger partial charge in [0.25, 0.3) is 0 Å². The summed E-state index contributed by atoms with van der Waals surface area (Å²) in [6.07, 6.45) is -0.996. The second kappa shape index (κ2) is 6.73. The smallest absolute Gasteiger partial charge is 0.220 e. The Morgan fingerprint density at radius 3 is 2.45 bits per heavy atom. The summed E-state index contributed by atoms with van der Waals surface area (Å²) in [4.78, 5) is 10.7. The van der Waals surface area contributed by atoms with E-state index in [1.807, 2.05) is 54.6 Å². The van der Waals surface area contributed by atoms with Gasteiger partial charge in [-0.1, -0.05) is 48.5 Å². The van der Waals surface area contributed by atoms with Crippen LogP contribution in [0.5, 0.6) is 5.75 Å². The summed E-state index contributed by atoms with van der Waals surface area (Å²) >= 11 is 0. The predicted octanol–water partition coefficient (Wildman–Crippen LogP) is 1.97. The zero-order chi connectivity index (χ0) is 14.4. The van der Waals surface area contributed by atoms with E-state index in [0.29, 0.717) is 5.75 Å². The molecule has 0 heterocycles. The number of carbonyl (C=O) groups excluding carboxylic acids is 1. The largest absolute Gasteiger partial charge is 0.490 e. The van der Waals surface area contributed by atoms with Gasteiger partial charge in [-0.3, -0.25) is 4.79 Å². The minimum absolute atomic E-state index is 0.0345. The highest BCUT2D eigenvalue weighted by molar-refractivity contribution is 5.74. The second-order valence-corrected chi connectivity index (χ2v) is 4.50. The lowest BCUT2D eigenvalue weighted by molar-refractivity contribution is -0.120. The summed E-state index contributed by atoms with van der Waals surface area (Å²) in [5.41, 5.74) is 7.01. The fourth-order valence-corrected chi connectivity index (χ4v) is 1.93. The highest BCUT2D eigenvalue weighted by atomic mass is 16.5. The molecule has 0 aromatic heterocycles. The topological polar surface area (TPSA) is 72.6 Å². The first-order valence-electron chi connectivity index (χ1n) is 6.40. The van der Waals surface area contributed by atoms with Gasteiger partial charge in [0.15, 0.2) is 0 Å². The molecule has 104 valence electrons. The van der Waals surface area contributed by atoms with E-state index in [1.165, 1.54) is 0 Å². The molecule has 2 aromatic rings. The maximum absolute atomic E-state index is 10.7. The first-order valence-corrected chi connectivity index (χ1v) is 6.40. The van der Waals surface area contributed by atoms with E-state index in [-0.39, 0.29) is 13.0 Å². The van der Waals surface area contributed by atoms with Crippen molar-refractivity contribution in [3.05, 3.63) is 54.6 Å². The third-order valence-electron chi connectivity index (χ3n) is 2.84. The number of hydrogen-bond donors (Lipinski definition) is 2.